The zero-order valence-electron chi connectivity index (χ0n) is 9.85. The number of carbonyl (C=O) groups is 1. The number of carbonyl (C=O) groups excluding carboxylic acids is 1. The third kappa shape index (κ3) is 2.51. The van der Waals surface area contributed by atoms with Gasteiger partial charge in [-0.2, -0.15) is 5.26 Å². The molecular formula is C12H10ClN3O3. The molecule has 1 aromatic rings. The summed E-state index contributed by atoms with van der Waals surface area (Å²) in [5.74, 6) is -0.560. The summed E-state index contributed by atoms with van der Waals surface area (Å²) in [7, 11) is 0. The summed E-state index contributed by atoms with van der Waals surface area (Å²) in [6.45, 7) is 0. The summed E-state index contributed by atoms with van der Waals surface area (Å²) in [4.78, 5) is 22.1. The summed E-state index contributed by atoms with van der Waals surface area (Å²) in [5.41, 5.74) is -1.06. The SMILES string of the molecule is N#CC1(NC(=O)c2cc([N+](=O)[O-])ccc2Cl)CCC1. The fourth-order valence-electron chi connectivity index (χ4n) is 1.88. The average Bonchev–Trinajstić information content (AvgIpc) is 2.33. The van der Waals surface area contributed by atoms with Crippen LogP contribution in [-0.2, 0) is 0 Å². The number of nitrogens with one attached hydrogen (secondary N) is 1. The number of benzene rings is 1. The molecule has 0 spiro atoms. The lowest BCUT2D eigenvalue weighted by atomic mass is 9.78. The van der Waals surface area contributed by atoms with Crippen molar-refractivity contribution in [1.29, 1.82) is 5.26 Å². The molecule has 0 heterocycles. The Balaban J connectivity index is 2.26. The highest BCUT2D eigenvalue weighted by molar-refractivity contribution is 6.34. The van der Waals surface area contributed by atoms with Crippen LogP contribution in [0.2, 0.25) is 5.02 Å². The van der Waals surface area contributed by atoms with Crippen LogP contribution in [0.3, 0.4) is 0 Å². The van der Waals surface area contributed by atoms with Crippen molar-refractivity contribution in [1.82, 2.24) is 5.32 Å². The zero-order chi connectivity index (χ0) is 14.0. The van der Waals surface area contributed by atoms with Crippen molar-refractivity contribution in [3.05, 3.63) is 38.9 Å². The number of nitro groups is 1. The minimum atomic E-state index is -0.856. The van der Waals surface area contributed by atoms with Crippen LogP contribution >= 0.6 is 11.6 Å². The van der Waals surface area contributed by atoms with Crippen molar-refractivity contribution in [2.45, 2.75) is 24.8 Å². The van der Waals surface area contributed by atoms with Gasteiger partial charge in [-0.25, -0.2) is 0 Å². The second-order valence-corrected chi connectivity index (χ2v) is 4.83. The van der Waals surface area contributed by atoms with Crippen LogP contribution in [0.25, 0.3) is 0 Å². The van der Waals surface area contributed by atoms with Crippen molar-refractivity contribution in [3.8, 4) is 6.07 Å². The number of nitriles is 1. The van der Waals surface area contributed by atoms with E-state index in [0.717, 1.165) is 12.5 Å². The average molecular weight is 280 g/mol. The second kappa shape index (κ2) is 4.86. The lowest BCUT2D eigenvalue weighted by Crippen LogP contribution is -2.52. The molecule has 0 saturated heterocycles. The van der Waals surface area contributed by atoms with E-state index in [9.17, 15) is 14.9 Å². The summed E-state index contributed by atoms with van der Waals surface area (Å²) < 4.78 is 0. The first-order valence-corrected chi connectivity index (χ1v) is 6.03. The molecule has 0 aliphatic heterocycles. The van der Waals surface area contributed by atoms with Crippen LogP contribution in [0.1, 0.15) is 29.6 Å². The maximum atomic E-state index is 12.0. The molecule has 1 aromatic carbocycles. The van der Waals surface area contributed by atoms with Gasteiger partial charge in [-0.3, -0.25) is 14.9 Å². The fraction of sp³-hybridized carbons (Fsp3) is 0.333. The summed E-state index contributed by atoms with van der Waals surface area (Å²) in [5, 5.41) is 22.4. The van der Waals surface area contributed by atoms with Gasteiger partial charge in [0.2, 0.25) is 0 Å². The van der Waals surface area contributed by atoms with E-state index >= 15 is 0 Å². The Bertz CT molecular complexity index is 590. The Kier molecular flexibility index (Phi) is 3.40. The molecule has 98 valence electrons. The van der Waals surface area contributed by atoms with Crippen molar-refractivity contribution < 1.29 is 9.72 Å². The monoisotopic (exact) mass is 279 g/mol. The Labute approximate surface area is 114 Å². The molecule has 0 aromatic heterocycles. The van der Waals surface area contributed by atoms with Crippen molar-refractivity contribution >= 4 is 23.2 Å². The van der Waals surface area contributed by atoms with Crippen molar-refractivity contribution in [2.24, 2.45) is 0 Å². The highest BCUT2D eigenvalue weighted by Gasteiger charge is 2.39. The first-order chi connectivity index (χ1) is 8.97. The number of amides is 1. The van der Waals surface area contributed by atoms with E-state index in [1.807, 2.05) is 0 Å². The summed E-state index contributed by atoms with van der Waals surface area (Å²) in [6, 6.07) is 5.70. The molecule has 1 aliphatic carbocycles. The van der Waals surface area contributed by atoms with Gasteiger partial charge in [0, 0.05) is 12.1 Å². The number of nitrogens with zero attached hydrogens (tertiary/aromatic N) is 2. The number of rotatable bonds is 3. The van der Waals surface area contributed by atoms with Crippen molar-refractivity contribution in [3.63, 3.8) is 0 Å². The van der Waals surface area contributed by atoms with Gasteiger partial charge in [0.25, 0.3) is 11.6 Å². The van der Waals surface area contributed by atoms with Crippen LogP contribution < -0.4 is 5.32 Å². The van der Waals surface area contributed by atoms with Crippen LogP contribution in [-0.4, -0.2) is 16.4 Å². The molecule has 19 heavy (non-hydrogen) atoms. The van der Waals surface area contributed by atoms with Gasteiger partial charge in [-0.1, -0.05) is 11.6 Å². The molecule has 6 nitrogen and oxygen atoms in total. The minimum Gasteiger partial charge on any atom is -0.334 e. The molecular weight excluding hydrogens is 270 g/mol. The fourth-order valence-corrected chi connectivity index (χ4v) is 2.08. The topological polar surface area (TPSA) is 96.0 Å². The van der Waals surface area contributed by atoms with Gasteiger partial charge in [-0.05, 0) is 25.3 Å². The van der Waals surface area contributed by atoms with Crippen LogP contribution in [0, 0.1) is 21.4 Å². The molecule has 0 unspecified atom stereocenters. The molecule has 1 fully saturated rings. The Morgan fingerprint density at radius 1 is 1.53 bits per heavy atom. The van der Waals surface area contributed by atoms with E-state index in [1.165, 1.54) is 12.1 Å². The quantitative estimate of drug-likeness (QED) is 0.679. The van der Waals surface area contributed by atoms with E-state index in [2.05, 4.69) is 11.4 Å². The first kappa shape index (κ1) is 13.3. The molecule has 2 rings (SSSR count). The second-order valence-electron chi connectivity index (χ2n) is 4.42. The molecule has 0 atom stereocenters. The molecule has 7 heteroatoms. The van der Waals surface area contributed by atoms with E-state index in [-0.39, 0.29) is 16.3 Å². The highest BCUT2D eigenvalue weighted by Crippen LogP contribution is 2.32. The Morgan fingerprint density at radius 2 is 2.21 bits per heavy atom. The van der Waals surface area contributed by atoms with Crippen LogP contribution in [0.4, 0.5) is 5.69 Å². The highest BCUT2D eigenvalue weighted by atomic mass is 35.5. The van der Waals surface area contributed by atoms with E-state index in [4.69, 9.17) is 16.9 Å². The van der Waals surface area contributed by atoms with Crippen LogP contribution in [0.15, 0.2) is 18.2 Å². The summed E-state index contributed by atoms with van der Waals surface area (Å²) >= 11 is 5.86. The zero-order valence-corrected chi connectivity index (χ0v) is 10.6. The minimum absolute atomic E-state index is 0.0115. The van der Waals surface area contributed by atoms with Gasteiger partial charge in [0.15, 0.2) is 0 Å². The Morgan fingerprint density at radius 3 is 2.68 bits per heavy atom. The van der Waals surface area contributed by atoms with E-state index < -0.39 is 16.4 Å². The maximum absolute atomic E-state index is 12.0. The molecule has 1 saturated carbocycles. The number of hydrogen-bond donors (Lipinski definition) is 1. The standard InChI is InChI=1S/C12H10ClN3O3/c13-10-3-2-8(16(18)19)6-9(10)11(17)15-12(7-14)4-1-5-12/h2-3,6H,1,4-5H2,(H,15,17). The van der Waals surface area contributed by atoms with Gasteiger partial charge in [-0.15, -0.1) is 0 Å². The number of hydrogen-bond acceptors (Lipinski definition) is 4. The molecule has 1 aliphatic rings. The van der Waals surface area contributed by atoms with Gasteiger partial charge < -0.3 is 5.32 Å². The largest absolute Gasteiger partial charge is 0.334 e. The van der Waals surface area contributed by atoms with Gasteiger partial charge in [0.05, 0.1) is 21.6 Å². The lowest BCUT2D eigenvalue weighted by molar-refractivity contribution is -0.384. The maximum Gasteiger partial charge on any atom is 0.270 e. The number of halogens is 1. The van der Waals surface area contributed by atoms with Gasteiger partial charge in [0.1, 0.15) is 5.54 Å². The van der Waals surface area contributed by atoms with Gasteiger partial charge >= 0.3 is 0 Å². The molecule has 1 amide bonds. The third-order valence-electron chi connectivity index (χ3n) is 3.18. The van der Waals surface area contributed by atoms with Crippen molar-refractivity contribution in [2.75, 3.05) is 0 Å². The normalized spacial score (nSPS) is 16.0. The number of non-ortho nitro benzene ring substituents is 1. The third-order valence-corrected chi connectivity index (χ3v) is 3.51. The Hall–Kier alpha value is -2.13. The van der Waals surface area contributed by atoms with E-state index in [0.29, 0.717) is 12.8 Å². The lowest BCUT2D eigenvalue weighted by Gasteiger charge is -2.35. The molecule has 0 bridgehead atoms. The first-order valence-electron chi connectivity index (χ1n) is 5.65. The molecule has 1 N–H and O–H groups in total. The smallest absolute Gasteiger partial charge is 0.270 e. The predicted octanol–water partition coefficient (Wildman–Crippen LogP) is 2.42. The van der Waals surface area contributed by atoms with E-state index in [1.54, 1.807) is 0 Å². The number of nitro benzene ring substituents is 1. The molecule has 0 radical (unpaired) electrons. The van der Waals surface area contributed by atoms with Crippen LogP contribution in [0.5, 0.6) is 0 Å². The summed E-state index contributed by atoms with van der Waals surface area (Å²) in [6.07, 6.45) is 2.04. The predicted molar refractivity (Wildman–Crippen MR) is 67.8 cm³/mol.